The topological polar surface area (TPSA) is 28.5 Å². The number of aromatic nitrogens is 1. The van der Waals surface area contributed by atoms with Gasteiger partial charge in [0.25, 0.3) is 0 Å². The van der Waals surface area contributed by atoms with Crippen LogP contribution in [0.4, 0.5) is 5.69 Å². The van der Waals surface area contributed by atoms with Crippen LogP contribution in [0.5, 0.6) is 0 Å². The van der Waals surface area contributed by atoms with E-state index in [1.54, 1.807) is 0 Å². The van der Waals surface area contributed by atoms with Gasteiger partial charge < -0.3 is 4.90 Å². The smallest absolute Gasteiger partial charge is 0.132 e. The number of rotatable bonds is 4. The SMILES string of the molecule is CCN(C)C=Nc1cc(C2CC2)c(Cl)nc1C. The molecule has 3 nitrogen and oxygen atoms in total. The van der Waals surface area contributed by atoms with Gasteiger partial charge in [0, 0.05) is 13.6 Å². The molecule has 1 saturated carbocycles. The summed E-state index contributed by atoms with van der Waals surface area (Å²) in [5.41, 5.74) is 2.97. The third-order valence-corrected chi connectivity index (χ3v) is 3.38. The van der Waals surface area contributed by atoms with Gasteiger partial charge in [-0.2, -0.15) is 0 Å². The molecule has 1 aliphatic rings. The van der Waals surface area contributed by atoms with Gasteiger partial charge in [-0.3, -0.25) is 0 Å². The molecule has 0 bridgehead atoms. The van der Waals surface area contributed by atoms with Crippen molar-refractivity contribution < 1.29 is 0 Å². The summed E-state index contributed by atoms with van der Waals surface area (Å²) in [4.78, 5) is 10.9. The van der Waals surface area contributed by atoms with E-state index in [9.17, 15) is 0 Å². The molecule has 1 aliphatic carbocycles. The zero-order valence-electron chi connectivity index (χ0n) is 10.6. The molecular formula is C13H18ClN3. The highest BCUT2D eigenvalue weighted by Gasteiger charge is 2.27. The molecule has 1 fully saturated rings. The lowest BCUT2D eigenvalue weighted by Crippen LogP contribution is -2.14. The number of pyridine rings is 1. The molecule has 0 N–H and O–H groups in total. The molecule has 0 unspecified atom stereocenters. The van der Waals surface area contributed by atoms with Crippen LogP contribution in [0.2, 0.25) is 5.15 Å². The molecule has 0 atom stereocenters. The van der Waals surface area contributed by atoms with Crippen molar-refractivity contribution in [1.29, 1.82) is 0 Å². The Morgan fingerprint density at radius 3 is 2.88 bits per heavy atom. The number of aryl methyl sites for hydroxylation is 1. The van der Waals surface area contributed by atoms with Crippen molar-refractivity contribution >= 4 is 23.6 Å². The van der Waals surface area contributed by atoms with Gasteiger partial charge in [0.05, 0.1) is 17.7 Å². The summed E-state index contributed by atoms with van der Waals surface area (Å²) < 4.78 is 0. The van der Waals surface area contributed by atoms with Crippen LogP contribution in [0.1, 0.15) is 36.9 Å². The van der Waals surface area contributed by atoms with E-state index in [1.807, 2.05) is 25.2 Å². The fraction of sp³-hybridized carbons (Fsp3) is 0.538. The lowest BCUT2D eigenvalue weighted by atomic mass is 10.1. The molecule has 4 heteroatoms. The third kappa shape index (κ3) is 2.97. The van der Waals surface area contributed by atoms with Crippen LogP contribution in [0.3, 0.4) is 0 Å². The second-order valence-corrected chi connectivity index (χ2v) is 4.92. The van der Waals surface area contributed by atoms with E-state index >= 15 is 0 Å². The van der Waals surface area contributed by atoms with E-state index in [0.29, 0.717) is 11.1 Å². The highest BCUT2D eigenvalue weighted by molar-refractivity contribution is 6.30. The standard InChI is InChI=1S/C13H18ClN3/c1-4-17(3)8-15-12-7-11(10-5-6-10)13(14)16-9(12)2/h7-8,10H,4-6H2,1-3H3. The van der Waals surface area contributed by atoms with Crippen molar-refractivity contribution in [1.82, 2.24) is 9.88 Å². The van der Waals surface area contributed by atoms with Gasteiger partial charge in [-0.15, -0.1) is 0 Å². The van der Waals surface area contributed by atoms with Crippen LogP contribution in [0.15, 0.2) is 11.1 Å². The fourth-order valence-corrected chi connectivity index (χ4v) is 1.97. The van der Waals surface area contributed by atoms with Crippen LogP contribution < -0.4 is 0 Å². The largest absolute Gasteiger partial charge is 0.366 e. The van der Waals surface area contributed by atoms with Gasteiger partial charge in [-0.25, -0.2) is 9.98 Å². The monoisotopic (exact) mass is 251 g/mol. The molecule has 0 radical (unpaired) electrons. The lowest BCUT2D eigenvalue weighted by Gasteiger charge is -2.10. The van der Waals surface area contributed by atoms with Gasteiger partial charge >= 0.3 is 0 Å². The van der Waals surface area contributed by atoms with Crippen LogP contribution in [-0.2, 0) is 0 Å². The van der Waals surface area contributed by atoms with Crippen molar-refractivity contribution in [3.8, 4) is 0 Å². The summed E-state index contributed by atoms with van der Waals surface area (Å²) in [5.74, 6) is 0.605. The molecule has 0 amide bonds. The second kappa shape index (κ2) is 5.05. The van der Waals surface area contributed by atoms with Crippen molar-refractivity contribution in [3.05, 3.63) is 22.5 Å². The highest BCUT2D eigenvalue weighted by Crippen LogP contribution is 2.44. The molecule has 0 aromatic carbocycles. The summed E-state index contributed by atoms with van der Waals surface area (Å²) in [6.45, 7) is 4.98. The number of nitrogens with zero attached hydrogens (tertiary/aromatic N) is 3. The first kappa shape index (κ1) is 12.4. The Balaban J connectivity index is 2.26. The first-order chi connectivity index (χ1) is 8.11. The average Bonchev–Trinajstić information content (AvgIpc) is 3.11. The molecule has 0 saturated heterocycles. The van der Waals surface area contributed by atoms with Gasteiger partial charge in [0.1, 0.15) is 5.15 Å². The Hall–Kier alpha value is -1.09. The Kier molecular flexibility index (Phi) is 3.67. The Labute approximate surface area is 108 Å². The van der Waals surface area contributed by atoms with Gasteiger partial charge in [0.15, 0.2) is 0 Å². The molecule has 0 spiro atoms. The molecular weight excluding hydrogens is 234 g/mol. The van der Waals surface area contributed by atoms with Gasteiger partial charge in [-0.1, -0.05) is 11.6 Å². The quantitative estimate of drug-likeness (QED) is 0.465. The Bertz CT molecular complexity index is 439. The van der Waals surface area contributed by atoms with E-state index in [0.717, 1.165) is 23.5 Å². The normalized spacial score (nSPS) is 15.5. The minimum atomic E-state index is 0.605. The minimum Gasteiger partial charge on any atom is -0.366 e. The van der Waals surface area contributed by atoms with Crippen molar-refractivity contribution in [2.45, 2.75) is 32.6 Å². The lowest BCUT2D eigenvalue weighted by molar-refractivity contribution is 0.552. The molecule has 2 rings (SSSR count). The Morgan fingerprint density at radius 1 is 1.59 bits per heavy atom. The van der Waals surface area contributed by atoms with Crippen LogP contribution in [0, 0.1) is 6.92 Å². The van der Waals surface area contributed by atoms with Crippen molar-refractivity contribution in [3.63, 3.8) is 0 Å². The predicted molar refractivity (Wildman–Crippen MR) is 72.4 cm³/mol. The van der Waals surface area contributed by atoms with Crippen LogP contribution in [-0.4, -0.2) is 29.8 Å². The van der Waals surface area contributed by atoms with Crippen molar-refractivity contribution in [2.24, 2.45) is 4.99 Å². The van der Waals surface area contributed by atoms with E-state index in [4.69, 9.17) is 11.6 Å². The average molecular weight is 252 g/mol. The second-order valence-electron chi connectivity index (χ2n) is 4.57. The number of hydrogen-bond donors (Lipinski definition) is 0. The molecule has 1 aromatic rings. The number of hydrogen-bond acceptors (Lipinski definition) is 2. The van der Waals surface area contributed by atoms with E-state index in [1.165, 1.54) is 12.8 Å². The number of halogens is 1. The summed E-state index contributed by atoms with van der Waals surface area (Å²) >= 11 is 6.15. The zero-order valence-corrected chi connectivity index (χ0v) is 11.3. The van der Waals surface area contributed by atoms with E-state index in [-0.39, 0.29) is 0 Å². The predicted octanol–water partition coefficient (Wildman–Crippen LogP) is 3.53. The maximum Gasteiger partial charge on any atom is 0.132 e. The number of aliphatic imine (C=N–C) groups is 1. The van der Waals surface area contributed by atoms with Gasteiger partial charge in [0.2, 0.25) is 0 Å². The molecule has 1 heterocycles. The van der Waals surface area contributed by atoms with E-state index < -0.39 is 0 Å². The summed E-state index contributed by atoms with van der Waals surface area (Å²) in [5, 5.41) is 0.646. The Morgan fingerprint density at radius 2 is 2.29 bits per heavy atom. The summed E-state index contributed by atoms with van der Waals surface area (Å²) in [6, 6.07) is 2.09. The summed E-state index contributed by atoms with van der Waals surface area (Å²) in [7, 11) is 2.00. The first-order valence-electron chi connectivity index (χ1n) is 6.03. The first-order valence-corrected chi connectivity index (χ1v) is 6.41. The third-order valence-electron chi connectivity index (χ3n) is 3.08. The minimum absolute atomic E-state index is 0.605. The van der Waals surface area contributed by atoms with E-state index in [2.05, 4.69) is 23.0 Å². The highest BCUT2D eigenvalue weighted by atomic mass is 35.5. The van der Waals surface area contributed by atoms with Gasteiger partial charge in [-0.05, 0) is 44.2 Å². The van der Waals surface area contributed by atoms with Crippen LogP contribution >= 0.6 is 11.6 Å². The molecule has 0 aliphatic heterocycles. The fourth-order valence-electron chi connectivity index (χ4n) is 1.63. The molecule has 17 heavy (non-hydrogen) atoms. The van der Waals surface area contributed by atoms with Crippen molar-refractivity contribution in [2.75, 3.05) is 13.6 Å². The summed E-state index contributed by atoms with van der Waals surface area (Å²) in [6.07, 6.45) is 4.29. The maximum absolute atomic E-state index is 6.15. The van der Waals surface area contributed by atoms with Crippen LogP contribution in [0.25, 0.3) is 0 Å². The zero-order chi connectivity index (χ0) is 12.4. The maximum atomic E-state index is 6.15. The molecule has 92 valence electrons. The molecule has 1 aromatic heterocycles.